The van der Waals surface area contributed by atoms with Crippen molar-refractivity contribution in [1.82, 2.24) is 19.4 Å². The van der Waals surface area contributed by atoms with Crippen molar-refractivity contribution in [3.8, 4) is 0 Å². The van der Waals surface area contributed by atoms with E-state index >= 15 is 0 Å². The molecule has 1 amide bonds. The van der Waals surface area contributed by atoms with Gasteiger partial charge in [-0.05, 0) is 43.2 Å². The minimum absolute atomic E-state index is 0.0473. The van der Waals surface area contributed by atoms with Crippen LogP contribution in [0.3, 0.4) is 0 Å². The van der Waals surface area contributed by atoms with E-state index in [2.05, 4.69) is 9.97 Å². The third-order valence-corrected chi connectivity index (χ3v) is 5.59. The van der Waals surface area contributed by atoms with Gasteiger partial charge in [-0.3, -0.25) is 14.3 Å². The number of halogens is 1. The molecule has 1 fully saturated rings. The van der Waals surface area contributed by atoms with Gasteiger partial charge in [-0.25, -0.2) is 9.78 Å². The normalized spacial score (nSPS) is 15.3. The van der Waals surface area contributed by atoms with Gasteiger partial charge >= 0.3 is 5.76 Å². The summed E-state index contributed by atoms with van der Waals surface area (Å²) in [5.74, 6) is -0.540. The molecule has 0 aliphatic carbocycles. The summed E-state index contributed by atoms with van der Waals surface area (Å²) in [6.45, 7) is 1.05. The van der Waals surface area contributed by atoms with E-state index in [0.717, 1.165) is 5.52 Å². The zero-order chi connectivity index (χ0) is 20.0. The Labute approximate surface area is 170 Å². The van der Waals surface area contributed by atoms with Gasteiger partial charge in [0, 0.05) is 24.2 Å². The molecule has 0 atom stereocenters. The molecule has 4 aromatic rings. The first-order chi connectivity index (χ1) is 14.1. The number of fused-ring (bicyclic) bond motifs is 2. The van der Waals surface area contributed by atoms with Crippen LogP contribution < -0.4 is 5.76 Å². The van der Waals surface area contributed by atoms with Crippen molar-refractivity contribution < 1.29 is 9.21 Å². The van der Waals surface area contributed by atoms with Crippen LogP contribution in [0.15, 0.2) is 57.9 Å². The monoisotopic (exact) mass is 408 g/mol. The Hall–Kier alpha value is -3.19. The van der Waals surface area contributed by atoms with Gasteiger partial charge in [0.15, 0.2) is 5.58 Å². The van der Waals surface area contributed by atoms with Gasteiger partial charge in [-0.2, -0.15) is 0 Å². The molecule has 2 aromatic carbocycles. The first-order valence-corrected chi connectivity index (χ1v) is 9.79. The third kappa shape index (κ3) is 3.17. The van der Waals surface area contributed by atoms with Crippen LogP contribution in [0.25, 0.3) is 22.1 Å². The molecular formula is C21H17ClN4O3. The lowest BCUT2D eigenvalue weighted by molar-refractivity contribution is 0.0688. The van der Waals surface area contributed by atoms with Gasteiger partial charge in [0.05, 0.1) is 22.7 Å². The van der Waals surface area contributed by atoms with Crippen molar-refractivity contribution in [2.45, 2.75) is 18.9 Å². The van der Waals surface area contributed by atoms with Crippen molar-refractivity contribution in [3.05, 3.63) is 69.9 Å². The molecule has 0 spiro atoms. The molecule has 2 aromatic heterocycles. The maximum atomic E-state index is 12.9. The number of likely N-dealkylation sites (tertiary alicyclic amines) is 1. The molecule has 0 radical (unpaired) electrons. The SMILES string of the molecule is O=C(c1cnc2ccccc2n1)N1CCC(n2c(=O)oc3ccc(Cl)cc32)CC1. The lowest BCUT2D eigenvalue weighted by Gasteiger charge is -2.32. The average Bonchev–Trinajstić information content (AvgIpc) is 3.08. The summed E-state index contributed by atoms with van der Waals surface area (Å²) in [4.78, 5) is 35.8. The maximum absolute atomic E-state index is 12.9. The predicted octanol–water partition coefficient (Wildman–Crippen LogP) is 3.67. The molecule has 7 nitrogen and oxygen atoms in total. The fourth-order valence-corrected chi connectivity index (χ4v) is 4.07. The van der Waals surface area contributed by atoms with E-state index < -0.39 is 5.76 Å². The number of carbonyl (C=O) groups is 1. The number of nitrogens with zero attached hydrogens (tertiary/aromatic N) is 4. The Morgan fingerprint density at radius 1 is 1.10 bits per heavy atom. The topological polar surface area (TPSA) is 81.2 Å². The minimum atomic E-state index is -0.396. The van der Waals surface area contributed by atoms with E-state index in [1.807, 2.05) is 24.3 Å². The lowest BCUT2D eigenvalue weighted by atomic mass is 10.0. The maximum Gasteiger partial charge on any atom is 0.420 e. The van der Waals surface area contributed by atoms with Crippen LogP contribution in [0.1, 0.15) is 29.4 Å². The molecule has 0 unspecified atom stereocenters. The lowest BCUT2D eigenvalue weighted by Crippen LogP contribution is -2.40. The second-order valence-corrected chi connectivity index (χ2v) is 7.55. The van der Waals surface area contributed by atoms with Gasteiger partial charge in [0.1, 0.15) is 5.69 Å². The number of aromatic nitrogens is 3. The van der Waals surface area contributed by atoms with Crippen LogP contribution in [0.5, 0.6) is 0 Å². The van der Waals surface area contributed by atoms with Gasteiger partial charge in [0.25, 0.3) is 5.91 Å². The molecule has 1 aliphatic rings. The predicted molar refractivity (Wildman–Crippen MR) is 109 cm³/mol. The number of hydrogen-bond donors (Lipinski definition) is 0. The average molecular weight is 409 g/mol. The molecule has 1 saturated heterocycles. The van der Waals surface area contributed by atoms with Crippen LogP contribution in [-0.2, 0) is 0 Å². The van der Waals surface area contributed by atoms with E-state index in [1.165, 1.54) is 6.20 Å². The third-order valence-electron chi connectivity index (χ3n) is 5.36. The second kappa shape index (κ2) is 7.00. The molecule has 0 saturated carbocycles. The van der Waals surface area contributed by atoms with Gasteiger partial charge in [0.2, 0.25) is 0 Å². The number of rotatable bonds is 2. The molecule has 29 heavy (non-hydrogen) atoms. The van der Waals surface area contributed by atoms with E-state index in [1.54, 1.807) is 27.7 Å². The standard InChI is InChI=1S/C21H17ClN4O3/c22-13-5-6-19-18(11-13)26(21(28)29-19)14-7-9-25(10-8-14)20(27)17-12-23-15-3-1-2-4-16(15)24-17/h1-6,11-12,14H,7-10H2. The summed E-state index contributed by atoms with van der Waals surface area (Å²) in [7, 11) is 0. The van der Waals surface area contributed by atoms with Crippen molar-refractivity contribution >= 4 is 39.6 Å². The van der Waals surface area contributed by atoms with Crippen LogP contribution in [0, 0.1) is 0 Å². The number of benzene rings is 2. The second-order valence-electron chi connectivity index (χ2n) is 7.12. The summed E-state index contributed by atoms with van der Waals surface area (Å²) in [5, 5.41) is 0.551. The summed E-state index contributed by atoms with van der Waals surface area (Å²) in [5.41, 5.74) is 2.99. The molecule has 0 bridgehead atoms. The Bertz CT molecular complexity index is 1290. The molecule has 1 aliphatic heterocycles. The number of piperidine rings is 1. The molecular weight excluding hydrogens is 392 g/mol. The van der Waals surface area contributed by atoms with Crippen LogP contribution in [0.4, 0.5) is 0 Å². The first-order valence-electron chi connectivity index (χ1n) is 9.42. The highest BCUT2D eigenvalue weighted by Gasteiger charge is 2.28. The molecule has 3 heterocycles. The van der Waals surface area contributed by atoms with Gasteiger partial charge in [-0.1, -0.05) is 23.7 Å². The van der Waals surface area contributed by atoms with E-state index in [4.69, 9.17) is 16.0 Å². The molecule has 146 valence electrons. The minimum Gasteiger partial charge on any atom is -0.408 e. The fourth-order valence-electron chi connectivity index (χ4n) is 3.90. The highest BCUT2D eigenvalue weighted by atomic mass is 35.5. The van der Waals surface area contributed by atoms with Crippen molar-refractivity contribution in [2.75, 3.05) is 13.1 Å². The van der Waals surface area contributed by atoms with Crippen molar-refractivity contribution in [1.29, 1.82) is 0 Å². The van der Waals surface area contributed by atoms with Crippen LogP contribution in [-0.4, -0.2) is 38.4 Å². The first kappa shape index (κ1) is 17.9. The number of amides is 1. The summed E-state index contributed by atoms with van der Waals surface area (Å²) >= 11 is 6.09. The van der Waals surface area contributed by atoms with E-state index in [9.17, 15) is 9.59 Å². The van der Waals surface area contributed by atoms with Gasteiger partial charge < -0.3 is 9.32 Å². The quantitative estimate of drug-likeness (QED) is 0.505. The summed E-state index contributed by atoms with van der Waals surface area (Å²) in [6.07, 6.45) is 2.81. The largest absolute Gasteiger partial charge is 0.420 e. The van der Waals surface area contributed by atoms with E-state index in [-0.39, 0.29) is 11.9 Å². The summed E-state index contributed by atoms with van der Waals surface area (Å²) in [6, 6.07) is 12.6. The Kier molecular flexibility index (Phi) is 4.32. The van der Waals surface area contributed by atoms with Crippen LogP contribution >= 0.6 is 11.6 Å². The highest BCUT2D eigenvalue weighted by molar-refractivity contribution is 6.31. The van der Waals surface area contributed by atoms with Gasteiger partial charge in [-0.15, -0.1) is 0 Å². The highest BCUT2D eigenvalue weighted by Crippen LogP contribution is 2.28. The molecule has 5 rings (SSSR count). The smallest absolute Gasteiger partial charge is 0.408 e. The Balaban J connectivity index is 1.36. The van der Waals surface area contributed by atoms with Crippen molar-refractivity contribution in [3.63, 3.8) is 0 Å². The Morgan fingerprint density at radius 3 is 2.66 bits per heavy atom. The summed E-state index contributed by atoms with van der Waals surface area (Å²) < 4.78 is 6.99. The number of para-hydroxylation sites is 2. The zero-order valence-electron chi connectivity index (χ0n) is 15.4. The van der Waals surface area contributed by atoms with Crippen LogP contribution in [0.2, 0.25) is 5.02 Å². The number of carbonyl (C=O) groups excluding carboxylic acids is 1. The Morgan fingerprint density at radius 2 is 1.86 bits per heavy atom. The molecule has 8 heteroatoms. The van der Waals surface area contributed by atoms with E-state index in [0.29, 0.717) is 53.3 Å². The zero-order valence-corrected chi connectivity index (χ0v) is 16.2. The fraction of sp³-hybridized carbons (Fsp3) is 0.238. The van der Waals surface area contributed by atoms with Crippen molar-refractivity contribution in [2.24, 2.45) is 0 Å². The number of hydrogen-bond acceptors (Lipinski definition) is 5. The molecule has 0 N–H and O–H groups in total. The number of oxazole rings is 1.